The van der Waals surface area contributed by atoms with Gasteiger partial charge in [0.25, 0.3) is 0 Å². The van der Waals surface area contributed by atoms with Crippen LogP contribution in [0, 0.1) is 6.92 Å². The van der Waals surface area contributed by atoms with Crippen LogP contribution in [0.15, 0.2) is 58.5 Å². The number of hydrogen-bond donors (Lipinski definition) is 2. The van der Waals surface area contributed by atoms with E-state index in [9.17, 15) is 0 Å². The van der Waals surface area contributed by atoms with Crippen LogP contribution in [0.3, 0.4) is 0 Å². The lowest BCUT2D eigenvalue weighted by atomic mass is 9.96. The standard InChI is InChI=1S/C18H20N2S/c1-12-8-9-13-15(10-12)20-11-17(13)21-16-7-5-4-6-14(16)18(2,3)19/h4-11,20H,19H2,1-3H3. The van der Waals surface area contributed by atoms with Crippen molar-refractivity contribution < 1.29 is 0 Å². The van der Waals surface area contributed by atoms with E-state index in [-0.39, 0.29) is 5.54 Å². The minimum atomic E-state index is -0.341. The molecule has 3 aromatic rings. The zero-order valence-electron chi connectivity index (χ0n) is 12.6. The van der Waals surface area contributed by atoms with E-state index in [0.29, 0.717) is 0 Å². The highest BCUT2D eigenvalue weighted by Gasteiger charge is 2.19. The van der Waals surface area contributed by atoms with E-state index in [4.69, 9.17) is 5.73 Å². The van der Waals surface area contributed by atoms with Gasteiger partial charge in [0.05, 0.1) is 0 Å². The molecule has 0 aliphatic heterocycles. The molecule has 0 fully saturated rings. The Hall–Kier alpha value is -1.71. The Morgan fingerprint density at radius 2 is 1.81 bits per heavy atom. The number of rotatable bonds is 3. The fourth-order valence-electron chi connectivity index (χ4n) is 2.50. The van der Waals surface area contributed by atoms with Crippen LogP contribution in [0.25, 0.3) is 10.9 Å². The molecule has 0 spiro atoms. The van der Waals surface area contributed by atoms with Crippen LogP contribution in [-0.4, -0.2) is 4.98 Å². The first kappa shape index (κ1) is 14.2. The fourth-order valence-corrected chi connectivity index (χ4v) is 3.73. The summed E-state index contributed by atoms with van der Waals surface area (Å²) in [4.78, 5) is 5.81. The van der Waals surface area contributed by atoms with Gasteiger partial charge in [-0.3, -0.25) is 0 Å². The minimum absolute atomic E-state index is 0.341. The number of aryl methyl sites for hydroxylation is 1. The van der Waals surface area contributed by atoms with E-state index in [2.05, 4.69) is 54.5 Å². The molecule has 0 amide bonds. The summed E-state index contributed by atoms with van der Waals surface area (Å²) in [6, 6.07) is 14.9. The second-order valence-electron chi connectivity index (χ2n) is 6.02. The molecule has 21 heavy (non-hydrogen) atoms. The maximum Gasteiger partial charge on any atom is 0.0468 e. The van der Waals surface area contributed by atoms with E-state index < -0.39 is 0 Å². The first-order chi connectivity index (χ1) is 9.95. The highest BCUT2D eigenvalue weighted by Crippen LogP contribution is 2.38. The topological polar surface area (TPSA) is 41.8 Å². The molecule has 108 valence electrons. The third-order valence-corrected chi connectivity index (χ3v) is 4.73. The van der Waals surface area contributed by atoms with E-state index in [1.165, 1.54) is 31.8 Å². The maximum absolute atomic E-state index is 6.30. The smallest absolute Gasteiger partial charge is 0.0468 e. The predicted octanol–water partition coefficient (Wildman–Crippen LogP) is 4.82. The molecule has 2 nitrogen and oxygen atoms in total. The van der Waals surface area contributed by atoms with E-state index in [1.54, 1.807) is 11.8 Å². The molecule has 1 aromatic heterocycles. The summed E-state index contributed by atoms with van der Waals surface area (Å²) >= 11 is 1.77. The summed E-state index contributed by atoms with van der Waals surface area (Å²) in [5.41, 5.74) is 9.58. The lowest BCUT2D eigenvalue weighted by Crippen LogP contribution is -2.29. The average molecular weight is 296 g/mol. The molecule has 0 unspecified atom stereocenters. The number of fused-ring (bicyclic) bond motifs is 1. The van der Waals surface area contributed by atoms with Crippen LogP contribution in [-0.2, 0) is 5.54 Å². The van der Waals surface area contributed by atoms with Gasteiger partial charge in [-0.25, -0.2) is 0 Å². The van der Waals surface area contributed by atoms with Crippen LogP contribution in [0.1, 0.15) is 25.0 Å². The highest BCUT2D eigenvalue weighted by atomic mass is 32.2. The molecule has 0 aliphatic carbocycles. The molecule has 3 N–H and O–H groups in total. The van der Waals surface area contributed by atoms with Crippen molar-refractivity contribution in [1.82, 2.24) is 4.98 Å². The molecule has 0 radical (unpaired) electrons. The van der Waals surface area contributed by atoms with Gasteiger partial charge in [-0.15, -0.1) is 0 Å². The van der Waals surface area contributed by atoms with Crippen molar-refractivity contribution >= 4 is 22.7 Å². The number of H-pyrrole nitrogens is 1. The fraction of sp³-hybridized carbons (Fsp3) is 0.222. The Balaban J connectivity index is 2.04. The molecule has 3 heteroatoms. The number of nitrogens with two attached hydrogens (primary N) is 1. The van der Waals surface area contributed by atoms with Gasteiger partial charge in [0.2, 0.25) is 0 Å². The van der Waals surface area contributed by atoms with Crippen molar-refractivity contribution in [3.05, 3.63) is 59.8 Å². The number of hydrogen-bond acceptors (Lipinski definition) is 2. The summed E-state index contributed by atoms with van der Waals surface area (Å²) in [6.45, 7) is 6.20. The minimum Gasteiger partial charge on any atom is -0.360 e. The summed E-state index contributed by atoms with van der Waals surface area (Å²) in [6.07, 6.45) is 2.08. The van der Waals surface area contributed by atoms with Crippen LogP contribution < -0.4 is 5.73 Å². The van der Waals surface area contributed by atoms with Crippen molar-refractivity contribution in [2.45, 2.75) is 36.1 Å². The molecule has 0 aliphatic rings. The highest BCUT2D eigenvalue weighted by molar-refractivity contribution is 7.99. The van der Waals surface area contributed by atoms with Gasteiger partial charge in [-0.05, 0) is 44.0 Å². The molecular weight excluding hydrogens is 276 g/mol. The summed E-state index contributed by atoms with van der Waals surface area (Å²) in [5.74, 6) is 0. The summed E-state index contributed by atoms with van der Waals surface area (Å²) in [5, 5.41) is 1.26. The Morgan fingerprint density at radius 1 is 1.05 bits per heavy atom. The summed E-state index contributed by atoms with van der Waals surface area (Å²) in [7, 11) is 0. The molecule has 0 saturated heterocycles. The largest absolute Gasteiger partial charge is 0.360 e. The molecule has 2 aromatic carbocycles. The van der Waals surface area contributed by atoms with Gasteiger partial charge in [0, 0.05) is 32.4 Å². The van der Waals surface area contributed by atoms with Crippen LogP contribution in [0.2, 0.25) is 0 Å². The second-order valence-corrected chi connectivity index (χ2v) is 7.11. The number of benzene rings is 2. The van der Waals surface area contributed by atoms with Gasteiger partial charge in [-0.2, -0.15) is 0 Å². The lowest BCUT2D eigenvalue weighted by Gasteiger charge is -2.22. The van der Waals surface area contributed by atoms with Gasteiger partial charge < -0.3 is 10.7 Å². The Morgan fingerprint density at radius 3 is 2.57 bits per heavy atom. The Kier molecular flexibility index (Phi) is 3.56. The summed E-state index contributed by atoms with van der Waals surface area (Å²) < 4.78 is 0. The van der Waals surface area contributed by atoms with E-state index in [1.807, 2.05) is 19.9 Å². The number of nitrogens with one attached hydrogen (secondary N) is 1. The van der Waals surface area contributed by atoms with E-state index >= 15 is 0 Å². The Labute approximate surface area is 129 Å². The van der Waals surface area contributed by atoms with Gasteiger partial charge in [-0.1, -0.05) is 42.1 Å². The van der Waals surface area contributed by atoms with Gasteiger partial charge in [0.1, 0.15) is 0 Å². The molecule has 1 heterocycles. The average Bonchev–Trinajstić information content (AvgIpc) is 2.80. The number of aromatic nitrogens is 1. The second kappa shape index (κ2) is 5.24. The SMILES string of the molecule is Cc1ccc2c(Sc3ccccc3C(C)(C)N)c[nH]c2c1. The molecular formula is C18H20N2S. The zero-order valence-corrected chi connectivity index (χ0v) is 13.4. The van der Waals surface area contributed by atoms with Crippen molar-refractivity contribution in [3.63, 3.8) is 0 Å². The van der Waals surface area contributed by atoms with Crippen molar-refractivity contribution in [2.75, 3.05) is 0 Å². The van der Waals surface area contributed by atoms with Crippen molar-refractivity contribution in [1.29, 1.82) is 0 Å². The Bertz CT molecular complexity index is 781. The maximum atomic E-state index is 6.30. The van der Waals surface area contributed by atoms with Crippen molar-refractivity contribution in [3.8, 4) is 0 Å². The van der Waals surface area contributed by atoms with E-state index in [0.717, 1.165) is 0 Å². The van der Waals surface area contributed by atoms with Crippen LogP contribution in [0.5, 0.6) is 0 Å². The molecule has 0 saturated carbocycles. The zero-order chi connectivity index (χ0) is 15.0. The third-order valence-electron chi connectivity index (χ3n) is 3.60. The lowest BCUT2D eigenvalue weighted by molar-refractivity contribution is 0.543. The molecule has 0 atom stereocenters. The monoisotopic (exact) mass is 296 g/mol. The van der Waals surface area contributed by atoms with Crippen LogP contribution in [0.4, 0.5) is 0 Å². The first-order valence-electron chi connectivity index (χ1n) is 7.09. The molecule has 3 rings (SSSR count). The normalized spacial score (nSPS) is 12.0. The van der Waals surface area contributed by atoms with Crippen LogP contribution >= 0.6 is 11.8 Å². The molecule has 0 bridgehead atoms. The number of aromatic amines is 1. The first-order valence-corrected chi connectivity index (χ1v) is 7.91. The third kappa shape index (κ3) is 2.85. The quantitative estimate of drug-likeness (QED) is 0.727. The predicted molar refractivity (Wildman–Crippen MR) is 90.8 cm³/mol. The van der Waals surface area contributed by atoms with Gasteiger partial charge in [0.15, 0.2) is 0 Å². The van der Waals surface area contributed by atoms with Gasteiger partial charge >= 0.3 is 0 Å². The van der Waals surface area contributed by atoms with Crippen molar-refractivity contribution in [2.24, 2.45) is 5.73 Å².